The number of fused-ring (bicyclic) bond motifs is 1. The van der Waals surface area contributed by atoms with E-state index in [0.29, 0.717) is 22.8 Å². The first-order valence-corrected chi connectivity index (χ1v) is 13.6. The molecular weight excluding hydrogens is 470 g/mol. The van der Waals surface area contributed by atoms with Gasteiger partial charge in [-0.05, 0) is 81.5 Å². The summed E-state index contributed by atoms with van der Waals surface area (Å²) >= 11 is 0. The van der Waals surface area contributed by atoms with Crippen LogP contribution >= 0.6 is 0 Å². The molecule has 0 amide bonds. The van der Waals surface area contributed by atoms with Gasteiger partial charge in [0, 0.05) is 37.8 Å². The Labute approximate surface area is 219 Å². The normalized spacial score (nSPS) is 17.2. The maximum atomic E-state index is 13.7. The number of nitrogens with one attached hydrogen (secondary N) is 1. The molecule has 1 fully saturated rings. The zero-order valence-corrected chi connectivity index (χ0v) is 23.0. The minimum absolute atomic E-state index is 0.0342. The minimum Gasteiger partial charge on any atom is -0.390 e. The van der Waals surface area contributed by atoms with Crippen LogP contribution in [0.4, 0.5) is 14.6 Å². The number of anilines is 1. The number of hydrogen-bond acceptors (Lipinski definition) is 4. The third-order valence-corrected chi connectivity index (χ3v) is 8.32. The van der Waals surface area contributed by atoms with Crippen LogP contribution in [0, 0.1) is 11.3 Å². The van der Waals surface area contributed by atoms with E-state index in [0.717, 1.165) is 44.1 Å². The van der Waals surface area contributed by atoms with Crippen molar-refractivity contribution in [3.05, 3.63) is 42.1 Å². The average Bonchev–Trinajstić information content (AvgIpc) is 3.29. The van der Waals surface area contributed by atoms with E-state index in [9.17, 15) is 13.9 Å². The Morgan fingerprint density at radius 3 is 2.35 bits per heavy atom. The second kappa shape index (κ2) is 10.7. The molecule has 1 atom stereocenters. The minimum atomic E-state index is -2.89. The van der Waals surface area contributed by atoms with Crippen molar-refractivity contribution < 1.29 is 13.9 Å². The number of aliphatic hydroxyl groups is 1. The van der Waals surface area contributed by atoms with E-state index >= 15 is 0 Å². The van der Waals surface area contributed by atoms with E-state index in [2.05, 4.69) is 33.8 Å². The van der Waals surface area contributed by atoms with Gasteiger partial charge in [-0.25, -0.2) is 18.7 Å². The zero-order chi connectivity index (χ0) is 26.8. The lowest BCUT2D eigenvalue weighted by atomic mass is 9.65. The first-order valence-electron chi connectivity index (χ1n) is 13.6. The van der Waals surface area contributed by atoms with Crippen molar-refractivity contribution in [2.75, 3.05) is 18.5 Å². The number of nitrogens with zero attached hydrogens (tertiary/aromatic N) is 3. The molecule has 2 aromatic heterocycles. The number of alkyl halides is 2. The fourth-order valence-electron chi connectivity index (χ4n) is 5.63. The van der Waals surface area contributed by atoms with Gasteiger partial charge in [-0.2, -0.15) is 0 Å². The van der Waals surface area contributed by atoms with Crippen LogP contribution < -0.4 is 4.90 Å². The predicted molar refractivity (Wildman–Crippen MR) is 147 cm³/mol. The van der Waals surface area contributed by atoms with Gasteiger partial charge in [-0.3, -0.25) is 0 Å². The maximum Gasteiger partial charge on any atom is 0.270 e. The smallest absolute Gasteiger partial charge is 0.270 e. The lowest BCUT2D eigenvalue weighted by Crippen LogP contribution is -2.35. The van der Waals surface area contributed by atoms with Crippen molar-refractivity contribution in [3.8, 4) is 11.4 Å². The fraction of sp³-hybridized carbons (Fsp3) is 0.600. The molecule has 0 spiro atoms. The molecule has 37 heavy (non-hydrogen) atoms. The lowest BCUT2D eigenvalue weighted by molar-refractivity contribution is 0.0176. The van der Waals surface area contributed by atoms with Crippen LogP contribution in [0.2, 0.25) is 0 Å². The summed E-state index contributed by atoms with van der Waals surface area (Å²) in [6, 6.07) is 8.47. The number of rotatable bonds is 10. The van der Waals surface area contributed by atoms with Crippen LogP contribution in [0.5, 0.6) is 0 Å². The molecule has 0 radical (unpaired) electrons. The molecule has 1 unspecified atom stereocenters. The van der Waals surface area contributed by atoms with Gasteiger partial charge < -0.3 is 15.0 Å². The van der Waals surface area contributed by atoms with E-state index < -0.39 is 11.5 Å². The van der Waals surface area contributed by atoms with Crippen molar-refractivity contribution in [2.45, 2.75) is 90.6 Å². The van der Waals surface area contributed by atoms with Gasteiger partial charge in [0.1, 0.15) is 11.6 Å². The summed E-state index contributed by atoms with van der Waals surface area (Å²) in [5.41, 5.74) is 1.57. The van der Waals surface area contributed by atoms with Crippen LogP contribution in [0.1, 0.15) is 84.6 Å². The molecule has 0 saturated heterocycles. The van der Waals surface area contributed by atoms with Crippen molar-refractivity contribution in [3.63, 3.8) is 0 Å². The molecule has 2 heterocycles. The molecule has 202 valence electrons. The molecule has 1 saturated carbocycles. The van der Waals surface area contributed by atoms with Crippen LogP contribution in [0.15, 0.2) is 36.5 Å². The predicted octanol–water partition coefficient (Wildman–Crippen LogP) is 7.70. The standard InChI is InChI=1S/C30H42F2N4O/c1-28(2,37)15-16-29(3,22-9-7-6-8-10-22)17-18-36(5)26-14-11-21(20-33-26)27-34-24-13-12-23(30(4,31)32)19-25(24)35-27/h11-14,19-20,22,37H,6-10,15-18H2,1-5H3,(H,34,35). The monoisotopic (exact) mass is 512 g/mol. The van der Waals surface area contributed by atoms with Gasteiger partial charge in [0.15, 0.2) is 0 Å². The van der Waals surface area contributed by atoms with E-state index in [1.807, 2.05) is 26.0 Å². The van der Waals surface area contributed by atoms with Crippen molar-refractivity contribution in [1.82, 2.24) is 15.0 Å². The SMILES string of the molecule is CN(CCC(C)(CCC(C)(C)O)C1CCCCC1)c1ccc(-c2nc3ccc(C(C)(F)F)cc3[nH]2)cn1. The summed E-state index contributed by atoms with van der Waals surface area (Å²) in [5, 5.41) is 10.4. The number of H-pyrrole nitrogens is 1. The number of halogens is 2. The summed E-state index contributed by atoms with van der Waals surface area (Å²) in [6.45, 7) is 8.03. The van der Waals surface area contributed by atoms with Crippen LogP contribution in [0.25, 0.3) is 22.4 Å². The molecule has 1 aromatic carbocycles. The van der Waals surface area contributed by atoms with E-state index in [4.69, 9.17) is 0 Å². The molecule has 3 aromatic rings. The van der Waals surface area contributed by atoms with Gasteiger partial charge in [0.25, 0.3) is 5.92 Å². The molecule has 7 heteroatoms. The van der Waals surface area contributed by atoms with E-state index in [1.54, 1.807) is 12.3 Å². The first kappa shape index (κ1) is 27.5. The molecule has 1 aliphatic rings. The van der Waals surface area contributed by atoms with Crippen LogP contribution in [-0.2, 0) is 5.92 Å². The Morgan fingerprint density at radius 2 is 1.73 bits per heavy atom. The van der Waals surface area contributed by atoms with Gasteiger partial charge in [-0.1, -0.05) is 32.3 Å². The molecule has 4 rings (SSSR count). The van der Waals surface area contributed by atoms with Crippen molar-refractivity contribution in [2.24, 2.45) is 11.3 Å². The molecular formula is C30H42F2N4O. The van der Waals surface area contributed by atoms with Gasteiger partial charge in [-0.15, -0.1) is 0 Å². The zero-order valence-electron chi connectivity index (χ0n) is 23.0. The molecule has 1 aliphatic carbocycles. The largest absolute Gasteiger partial charge is 0.390 e. The summed E-state index contributed by atoms with van der Waals surface area (Å²) in [6.07, 6.45) is 11.2. The fourth-order valence-corrected chi connectivity index (χ4v) is 5.63. The summed E-state index contributed by atoms with van der Waals surface area (Å²) in [5.74, 6) is -0.686. The quantitative estimate of drug-likeness (QED) is 0.292. The summed E-state index contributed by atoms with van der Waals surface area (Å²) in [4.78, 5) is 14.6. The molecule has 0 bridgehead atoms. The van der Waals surface area contributed by atoms with Crippen molar-refractivity contribution in [1.29, 1.82) is 0 Å². The highest BCUT2D eigenvalue weighted by Gasteiger charge is 2.36. The van der Waals surface area contributed by atoms with Gasteiger partial charge >= 0.3 is 0 Å². The molecule has 5 nitrogen and oxygen atoms in total. The van der Waals surface area contributed by atoms with Crippen LogP contribution in [-0.4, -0.2) is 39.3 Å². The Kier molecular flexibility index (Phi) is 7.93. The lowest BCUT2D eigenvalue weighted by Gasteiger charge is -2.42. The number of aromatic amines is 1. The van der Waals surface area contributed by atoms with Gasteiger partial charge in [0.2, 0.25) is 0 Å². The van der Waals surface area contributed by atoms with E-state index in [1.165, 1.54) is 44.2 Å². The number of benzene rings is 1. The number of pyridine rings is 1. The van der Waals surface area contributed by atoms with Crippen LogP contribution in [0.3, 0.4) is 0 Å². The highest BCUT2D eigenvalue weighted by molar-refractivity contribution is 5.80. The van der Waals surface area contributed by atoms with Crippen molar-refractivity contribution >= 4 is 16.9 Å². The Bertz CT molecular complexity index is 1170. The third-order valence-electron chi connectivity index (χ3n) is 8.32. The summed E-state index contributed by atoms with van der Waals surface area (Å²) in [7, 11) is 2.08. The molecule has 0 aliphatic heterocycles. The Balaban J connectivity index is 1.44. The first-order chi connectivity index (χ1) is 17.3. The number of aromatic nitrogens is 3. The summed E-state index contributed by atoms with van der Waals surface area (Å²) < 4.78 is 27.4. The highest BCUT2D eigenvalue weighted by atomic mass is 19.3. The Hall–Kier alpha value is -2.54. The van der Waals surface area contributed by atoms with E-state index in [-0.39, 0.29) is 11.0 Å². The topological polar surface area (TPSA) is 65.0 Å². The Morgan fingerprint density at radius 1 is 1.00 bits per heavy atom. The maximum absolute atomic E-state index is 13.7. The highest BCUT2D eigenvalue weighted by Crippen LogP contribution is 2.45. The average molecular weight is 513 g/mol. The second-order valence-corrected chi connectivity index (χ2v) is 12.1. The number of imidazole rings is 1. The number of hydrogen-bond donors (Lipinski definition) is 2. The second-order valence-electron chi connectivity index (χ2n) is 12.1. The third kappa shape index (κ3) is 6.86. The molecule has 2 N–H and O–H groups in total. The van der Waals surface area contributed by atoms with Gasteiger partial charge in [0.05, 0.1) is 16.6 Å².